The Morgan fingerprint density at radius 1 is 1.29 bits per heavy atom. The largest absolute Gasteiger partial charge is 0.459 e. The van der Waals surface area contributed by atoms with Crippen LogP contribution in [0, 0.1) is 0 Å². The Bertz CT molecular complexity index is 450. The molecule has 4 heteroatoms. The summed E-state index contributed by atoms with van der Waals surface area (Å²) in [7, 11) is 0. The molecule has 0 saturated heterocycles. The maximum Gasteiger partial charge on any atom is 0.134 e. The molecule has 0 fully saturated rings. The highest BCUT2D eigenvalue weighted by molar-refractivity contribution is 5.81. The van der Waals surface area contributed by atoms with E-state index in [0.717, 1.165) is 11.0 Å². The lowest BCUT2D eigenvalue weighted by atomic mass is 10.2. The maximum atomic E-state index is 5.75. The predicted molar refractivity (Wildman–Crippen MR) is 56.6 cm³/mol. The first-order chi connectivity index (χ1) is 6.70. The van der Waals surface area contributed by atoms with E-state index >= 15 is 0 Å². The molecule has 6 N–H and O–H groups in total. The lowest BCUT2D eigenvalue weighted by Crippen LogP contribution is -2.19. The van der Waals surface area contributed by atoms with Gasteiger partial charge in [-0.05, 0) is 24.3 Å². The first-order valence-corrected chi connectivity index (χ1v) is 4.45. The molecule has 14 heavy (non-hydrogen) atoms. The number of hydrogen-bond donors (Lipinski definition) is 3. The molecule has 1 aromatic heterocycles. The average molecular weight is 191 g/mol. The summed E-state index contributed by atoms with van der Waals surface area (Å²) in [5.74, 6) is 0.702. The minimum absolute atomic E-state index is 0.247. The van der Waals surface area contributed by atoms with E-state index in [1.54, 1.807) is 6.07 Å². The zero-order chi connectivity index (χ0) is 10.1. The Morgan fingerprint density at radius 2 is 2.07 bits per heavy atom. The Morgan fingerprint density at radius 3 is 2.79 bits per heavy atom. The highest BCUT2D eigenvalue weighted by Crippen LogP contribution is 2.24. The molecule has 0 spiro atoms. The van der Waals surface area contributed by atoms with Crippen molar-refractivity contribution in [3.63, 3.8) is 0 Å². The first-order valence-electron chi connectivity index (χ1n) is 4.45. The molecule has 0 aliphatic heterocycles. The smallest absolute Gasteiger partial charge is 0.134 e. The van der Waals surface area contributed by atoms with Crippen molar-refractivity contribution in [3.05, 3.63) is 30.0 Å². The lowest BCUT2D eigenvalue weighted by Gasteiger charge is -2.02. The second-order valence-electron chi connectivity index (χ2n) is 3.29. The standard InChI is InChI=1S/C10H13N3O/c11-5-8(13)10-4-6-3-7(12)1-2-9(6)14-10/h1-4,8H,5,11-13H2/t8-/m0/s1. The zero-order valence-electron chi connectivity index (χ0n) is 7.73. The summed E-state index contributed by atoms with van der Waals surface area (Å²) in [6, 6.07) is 7.11. The number of fused-ring (bicyclic) bond motifs is 1. The van der Waals surface area contributed by atoms with Crippen LogP contribution < -0.4 is 17.2 Å². The van der Waals surface area contributed by atoms with E-state index in [1.807, 2.05) is 18.2 Å². The lowest BCUT2D eigenvalue weighted by molar-refractivity contribution is 0.500. The second-order valence-corrected chi connectivity index (χ2v) is 3.29. The minimum Gasteiger partial charge on any atom is -0.459 e. The van der Waals surface area contributed by atoms with Crippen LogP contribution in [-0.2, 0) is 0 Å². The third-order valence-corrected chi connectivity index (χ3v) is 2.18. The Hall–Kier alpha value is -1.52. The second kappa shape index (κ2) is 3.32. The molecule has 2 rings (SSSR count). The van der Waals surface area contributed by atoms with Gasteiger partial charge in [-0.15, -0.1) is 0 Å². The summed E-state index contributed by atoms with van der Waals surface area (Å²) in [4.78, 5) is 0. The number of nitrogen functional groups attached to an aromatic ring is 1. The topological polar surface area (TPSA) is 91.2 Å². The molecule has 2 aromatic rings. The Kier molecular flexibility index (Phi) is 2.15. The monoisotopic (exact) mass is 191 g/mol. The molecule has 0 unspecified atom stereocenters. The van der Waals surface area contributed by atoms with E-state index < -0.39 is 0 Å². The van der Waals surface area contributed by atoms with Crippen LogP contribution in [0.25, 0.3) is 11.0 Å². The van der Waals surface area contributed by atoms with Gasteiger partial charge < -0.3 is 21.6 Å². The minimum atomic E-state index is -0.247. The van der Waals surface area contributed by atoms with E-state index in [1.165, 1.54) is 0 Å². The van der Waals surface area contributed by atoms with Gasteiger partial charge >= 0.3 is 0 Å². The molecule has 1 heterocycles. The molecule has 1 atom stereocenters. The number of hydrogen-bond acceptors (Lipinski definition) is 4. The van der Waals surface area contributed by atoms with E-state index in [4.69, 9.17) is 21.6 Å². The fourth-order valence-electron chi connectivity index (χ4n) is 1.38. The molecule has 0 saturated carbocycles. The van der Waals surface area contributed by atoms with Crippen LogP contribution in [-0.4, -0.2) is 6.54 Å². The van der Waals surface area contributed by atoms with Crippen LogP contribution in [0.2, 0.25) is 0 Å². The highest BCUT2D eigenvalue weighted by atomic mass is 16.3. The molecule has 0 radical (unpaired) electrons. The number of benzene rings is 1. The van der Waals surface area contributed by atoms with Crippen LogP contribution in [0.4, 0.5) is 5.69 Å². The van der Waals surface area contributed by atoms with Gasteiger partial charge in [0, 0.05) is 17.6 Å². The van der Waals surface area contributed by atoms with Gasteiger partial charge in [-0.25, -0.2) is 0 Å². The van der Waals surface area contributed by atoms with Crippen molar-refractivity contribution in [2.24, 2.45) is 11.5 Å². The molecular weight excluding hydrogens is 178 g/mol. The summed E-state index contributed by atoms with van der Waals surface area (Å²) in [6.45, 7) is 0.370. The van der Waals surface area contributed by atoms with Gasteiger partial charge in [0.2, 0.25) is 0 Å². The molecule has 1 aromatic carbocycles. The van der Waals surface area contributed by atoms with Gasteiger partial charge in [-0.1, -0.05) is 0 Å². The van der Waals surface area contributed by atoms with Gasteiger partial charge in [0.25, 0.3) is 0 Å². The fourth-order valence-corrected chi connectivity index (χ4v) is 1.38. The highest BCUT2D eigenvalue weighted by Gasteiger charge is 2.09. The van der Waals surface area contributed by atoms with E-state index in [-0.39, 0.29) is 6.04 Å². The summed E-state index contributed by atoms with van der Waals surface area (Å²) >= 11 is 0. The summed E-state index contributed by atoms with van der Waals surface area (Å²) in [5, 5.41) is 0.962. The van der Waals surface area contributed by atoms with Gasteiger partial charge in [0.15, 0.2) is 0 Å². The van der Waals surface area contributed by atoms with Crippen molar-refractivity contribution < 1.29 is 4.42 Å². The number of rotatable bonds is 2. The molecule has 0 aliphatic rings. The molecule has 74 valence electrons. The average Bonchev–Trinajstić information content (AvgIpc) is 2.59. The molecule has 0 bridgehead atoms. The Labute approximate surface area is 81.7 Å². The van der Waals surface area contributed by atoms with Crippen molar-refractivity contribution in [1.82, 2.24) is 0 Å². The van der Waals surface area contributed by atoms with Gasteiger partial charge in [0.05, 0.1) is 6.04 Å². The number of anilines is 1. The van der Waals surface area contributed by atoms with Crippen molar-refractivity contribution in [2.45, 2.75) is 6.04 Å². The molecule has 4 nitrogen and oxygen atoms in total. The van der Waals surface area contributed by atoms with Gasteiger partial charge in [0.1, 0.15) is 11.3 Å². The van der Waals surface area contributed by atoms with Crippen molar-refractivity contribution in [1.29, 1.82) is 0 Å². The van der Waals surface area contributed by atoms with E-state index in [9.17, 15) is 0 Å². The quantitative estimate of drug-likeness (QED) is 0.617. The van der Waals surface area contributed by atoms with Crippen LogP contribution in [0.1, 0.15) is 11.8 Å². The number of furan rings is 1. The van der Waals surface area contributed by atoms with Crippen molar-refractivity contribution in [3.8, 4) is 0 Å². The summed E-state index contributed by atoms with van der Waals surface area (Å²) < 4.78 is 5.52. The summed E-state index contributed by atoms with van der Waals surface area (Å²) in [6.07, 6.45) is 0. The van der Waals surface area contributed by atoms with Crippen LogP contribution >= 0.6 is 0 Å². The van der Waals surface area contributed by atoms with Crippen LogP contribution in [0.15, 0.2) is 28.7 Å². The van der Waals surface area contributed by atoms with Crippen molar-refractivity contribution >= 4 is 16.7 Å². The van der Waals surface area contributed by atoms with E-state index in [0.29, 0.717) is 18.0 Å². The molecule has 0 aliphatic carbocycles. The van der Waals surface area contributed by atoms with Gasteiger partial charge in [-0.2, -0.15) is 0 Å². The molecule has 0 amide bonds. The zero-order valence-corrected chi connectivity index (χ0v) is 7.73. The first kappa shape index (κ1) is 9.05. The van der Waals surface area contributed by atoms with Crippen LogP contribution in [0.5, 0.6) is 0 Å². The fraction of sp³-hybridized carbons (Fsp3) is 0.200. The van der Waals surface area contributed by atoms with Crippen molar-refractivity contribution in [2.75, 3.05) is 12.3 Å². The SMILES string of the molecule is NC[C@H](N)c1cc2cc(N)ccc2o1. The third kappa shape index (κ3) is 1.45. The maximum absolute atomic E-state index is 5.75. The summed E-state index contributed by atoms with van der Waals surface area (Å²) in [5.41, 5.74) is 18.3. The van der Waals surface area contributed by atoms with E-state index in [2.05, 4.69) is 0 Å². The third-order valence-electron chi connectivity index (χ3n) is 2.18. The Balaban J connectivity index is 2.51. The van der Waals surface area contributed by atoms with Gasteiger partial charge in [-0.3, -0.25) is 0 Å². The van der Waals surface area contributed by atoms with Crippen LogP contribution in [0.3, 0.4) is 0 Å². The number of nitrogens with two attached hydrogens (primary N) is 3. The normalized spacial score (nSPS) is 13.3. The molecular formula is C10H13N3O. The predicted octanol–water partition coefficient (Wildman–Crippen LogP) is 0.973.